The van der Waals surface area contributed by atoms with Gasteiger partial charge in [0.2, 0.25) is 5.91 Å². The zero-order chi connectivity index (χ0) is 17.1. The Morgan fingerprint density at radius 3 is 2.92 bits per heavy atom. The average Bonchev–Trinajstić information content (AvgIpc) is 2.96. The van der Waals surface area contributed by atoms with Gasteiger partial charge in [-0.25, -0.2) is 4.68 Å². The van der Waals surface area contributed by atoms with Crippen molar-refractivity contribution in [1.82, 2.24) is 15.0 Å². The van der Waals surface area contributed by atoms with E-state index in [4.69, 9.17) is 4.74 Å². The van der Waals surface area contributed by atoms with Crippen LogP contribution in [0.15, 0.2) is 42.5 Å². The van der Waals surface area contributed by atoms with Gasteiger partial charge in [-0.2, -0.15) is 0 Å². The van der Waals surface area contributed by atoms with Gasteiger partial charge in [-0.05, 0) is 35.9 Å². The molecule has 7 nitrogen and oxygen atoms in total. The van der Waals surface area contributed by atoms with Crippen LogP contribution in [0.3, 0.4) is 0 Å². The number of rotatable bonds is 4. The van der Waals surface area contributed by atoms with Crippen LogP contribution >= 0.6 is 0 Å². The standard InChI is InChI=1S/C17H16N4O3/c1-21-13-5-3-4-12(17(13)19-20-21)18-16(23)9-7-11-6-8-15(24-2)14(22)10-11/h3-10,22H,1-2H3,(H,18,23). The van der Waals surface area contributed by atoms with Crippen LogP contribution in [0.2, 0.25) is 0 Å². The van der Waals surface area contributed by atoms with E-state index >= 15 is 0 Å². The molecule has 0 spiro atoms. The zero-order valence-electron chi connectivity index (χ0n) is 13.2. The number of anilines is 1. The van der Waals surface area contributed by atoms with Gasteiger partial charge in [0.25, 0.3) is 0 Å². The molecule has 2 N–H and O–H groups in total. The van der Waals surface area contributed by atoms with Gasteiger partial charge >= 0.3 is 0 Å². The van der Waals surface area contributed by atoms with Crippen molar-refractivity contribution in [3.8, 4) is 11.5 Å². The number of phenolic OH excluding ortho intramolecular Hbond substituents is 1. The van der Waals surface area contributed by atoms with Gasteiger partial charge in [0, 0.05) is 13.1 Å². The van der Waals surface area contributed by atoms with E-state index in [1.165, 1.54) is 19.3 Å². The number of aryl methyl sites for hydroxylation is 1. The van der Waals surface area contributed by atoms with E-state index in [-0.39, 0.29) is 11.7 Å². The van der Waals surface area contributed by atoms with Crippen LogP contribution in [0, 0.1) is 0 Å². The van der Waals surface area contributed by atoms with Gasteiger partial charge in [0.15, 0.2) is 11.5 Å². The second-order valence-electron chi connectivity index (χ2n) is 5.14. The predicted molar refractivity (Wildman–Crippen MR) is 90.8 cm³/mol. The molecule has 3 aromatic rings. The minimum atomic E-state index is -0.302. The van der Waals surface area contributed by atoms with E-state index in [1.54, 1.807) is 36.0 Å². The van der Waals surface area contributed by atoms with Gasteiger partial charge in [-0.1, -0.05) is 17.3 Å². The molecule has 24 heavy (non-hydrogen) atoms. The number of aromatic nitrogens is 3. The number of methoxy groups -OCH3 is 1. The molecule has 1 amide bonds. The van der Waals surface area contributed by atoms with Gasteiger partial charge < -0.3 is 15.2 Å². The highest BCUT2D eigenvalue weighted by atomic mass is 16.5. The minimum Gasteiger partial charge on any atom is -0.504 e. The van der Waals surface area contributed by atoms with Crippen molar-refractivity contribution in [2.24, 2.45) is 7.05 Å². The summed E-state index contributed by atoms with van der Waals surface area (Å²) >= 11 is 0. The van der Waals surface area contributed by atoms with Crippen LogP contribution in [0.5, 0.6) is 11.5 Å². The van der Waals surface area contributed by atoms with Crippen LogP contribution in [0.4, 0.5) is 5.69 Å². The zero-order valence-corrected chi connectivity index (χ0v) is 13.2. The Labute approximate surface area is 138 Å². The third-order valence-electron chi connectivity index (χ3n) is 3.53. The number of phenols is 1. The van der Waals surface area contributed by atoms with Crippen molar-refractivity contribution in [3.05, 3.63) is 48.0 Å². The molecule has 1 aromatic heterocycles. The Kier molecular flexibility index (Phi) is 4.15. The summed E-state index contributed by atoms with van der Waals surface area (Å²) in [5, 5.41) is 20.5. The minimum absolute atomic E-state index is 0.0179. The topological polar surface area (TPSA) is 89.3 Å². The number of carbonyl (C=O) groups excluding carboxylic acids is 1. The molecular weight excluding hydrogens is 308 g/mol. The number of aromatic hydroxyl groups is 1. The van der Waals surface area contributed by atoms with E-state index in [2.05, 4.69) is 15.6 Å². The lowest BCUT2D eigenvalue weighted by Crippen LogP contribution is -2.08. The Morgan fingerprint density at radius 1 is 1.33 bits per heavy atom. The molecule has 122 valence electrons. The van der Waals surface area contributed by atoms with Crippen molar-refractivity contribution >= 4 is 28.7 Å². The SMILES string of the molecule is COc1ccc(C=CC(=O)Nc2cccc3c2nnn3C)cc1O. The van der Waals surface area contributed by atoms with Crippen molar-refractivity contribution in [2.45, 2.75) is 0 Å². The number of ether oxygens (including phenoxy) is 1. The fourth-order valence-electron chi connectivity index (χ4n) is 2.32. The highest BCUT2D eigenvalue weighted by Gasteiger charge is 2.08. The molecule has 7 heteroatoms. The number of hydrogen-bond donors (Lipinski definition) is 2. The summed E-state index contributed by atoms with van der Waals surface area (Å²) in [7, 11) is 3.27. The van der Waals surface area contributed by atoms with Crippen LogP contribution in [-0.2, 0) is 11.8 Å². The maximum atomic E-state index is 12.1. The fourth-order valence-corrected chi connectivity index (χ4v) is 2.32. The number of amides is 1. The molecule has 0 aliphatic heterocycles. The van der Waals surface area contributed by atoms with Crippen LogP contribution in [0.1, 0.15) is 5.56 Å². The molecule has 0 aliphatic rings. The van der Waals surface area contributed by atoms with E-state index < -0.39 is 0 Å². The maximum Gasteiger partial charge on any atom is 0.248 e. The van der Waals surface area contributed by atoms with Crippen LogP contribution < -0.4 is 10.1 Å². The molecular formula is C17H16N4O3. The van der Waals surface area contributed by atoms with Crippen molar-refractivity contribution < 1.29 is 14.6 Å². The van der Waals surface area contributed by atoms with Crippen LogP contribution in [-0.4, -0.2) is 33.1 Å². The first-order chi connectivity index (χ1) is 11.6. The maximum absolute atomic E-state index is 12.1. The summed E-state index contributed by atoms with van der Waals surface area (Å²) in [4.78, 5) is 12.1. The summed E-state index contributed by atoms with van der Waals surface area (Å²) in [6, 6.07) is 10.4. The molecule has 0 saturated heterocycles. The molecule has 0 unspecified atom stereocenters. The molecule has 0 saturated carbocycles. The number of nitrogens with zero attached hydrogens (tertiary/aromatic N) is 3. The number of nitrogens with one attached hydrogen (secondary N) is 1. The predicted octanol–water partition coefficient (Wildman–Crippen LogP) is 2.33. The van der Waals surface area contributed by atoms with E-state index in [1.807, 2.05) is 12.1 Å². The first kappa shape index (κ1) is 15.5. The Hall–Kier alpha value is -3.35. The van der Waals surface area contributed by atoms with Gasteiger partial charge in [-0.15, -0.1) is 5.10 Å². The molecule has 2 aromatic carbocycles. The summed E-state index contributed by atoms with van der Waals surface area (Å²) in [5.41, 5.74) is 2.73. The number of hydrogen-bond acceptors (Lipinski definition) is 5. The molecule has 3 rings (SSSR count). The van der Waals surface area contributed by atoms with E-state index in [0.29, 0.717) is 22.5 Å². The molecule has 1 heterocycles. The number of fused-ring (bicyclic) bond motifs is 1. The summed E-state index contributed by atoms with van der Waals surface area (Å²) in [6.45, 7) is 0. The molecule has 0 fully saturated rings. The lowest BCUT2D eigenvalue weighted by molar-refractivity contribution is -0.111. The molecule has 0 bridgehead atoms. The second kappa shape index (κ2) is 6.41. The smallest absolute Gasteiger partial charge is 0.248 e. The lowest BCUT2D eigenvalue weighted by Gasteiger charge is -2.04. The summed E-state index contributed by atoms with van der Waals surface area (Å²) in [5.74, 6) is 0.0961. The number of benzene rings is 2. The highest BCUT2D eigenvalue weighted by molar-refractivity contribution is 6.06. The summed E-state index contributed by atoms with van der Waals surface area (Å²) < 4.78 is 6.62. The van der Waals surface area contributed by atoms with Crippen molar-refractivity contribution in [1.29, 1.82) is 0 Å². The Bertz CT molecular complexity index is 931. The van der Waals surface area contributed by atoms with E-state index in [0.717, 1.165) is 5.52 Å². The first-order valence-electron chi connectivity index (χ1n) is 7.23. The van der Waals surface area contributed by atoms with Crippen molar-refractivity contribution in [2.75, 3.05) is 12.4 Å². The third-order valence-corrected chi connectivity index (χ3v) is 3.53. The van der Waals surface area contributed by atoms with E-state index in [9.17, 15) is 9.90 Å². The molecule has 0 atom stereocenters. The Morgan fingerprint density at radius 2 is 2.17 bits per heavy atom. The fraction of sp³-hybridized carbons (Fsp3) is 0.118. The summed E-state index contributed by atoms with van der Waals surface area (Å²) in [6.07, 6.45) is 2.99. The third kappa shape index (κ3) is 3.05. The van der Waals surface area contributed by atoms with Gasteiger partial charge in [-0.3, -0.25) is 4.79 Å². The quantitative estimate of drug-likeness (QED) is 0.719. The normalized spacial score (nSPS) is 11.1. The first-order valence-corrected chi connectivity index (χ1v) is 7.23. The molecule has 0 aliphatic carbocycles. The monoisotopic (exact) mass is 324 g/mol. The highest BCUT2D eigenvalue weighted by Crippen LogP contribution is 2.26. The largest absolute Gasteiger partial charge is 0.504 e. The Balaban J connectivity index is 1.76. The van der Waals surface area contributed by atoms with Gasteiger partial charge in [0.1, 0.15) is 5.52 Å². The average molecular weight is 324 g/mol. The molecule has 0 radical (unpaired) electrons. The number of carbonyl (C=O) groups is 1. The van der Waals surface area contributed by atoms with Crippen LogP contribution in [0.25, 0.3) is 17.1 Å². The second-order valence-corrected chi connectivity index (χ2v) is 5.14. The van der Waals surface area contributed by atoms with Gasteiger partial charge in [0.05, 0.1) is 18.3 Å². The van der Waals surface area contributed by atoms with Crippen molar-refractivity contribution in [3.63, 3.8) is 0 Å². The lowest BCUT2D eigenvalue weighted by atomic mass is 10.2.